The zero-order valence-corrected chi connectivity index (χ0v) is 15.1. The summed E-state index contributed by atoms with van der Waals surface area (Å²) < 4.78 is 13.0. The molecule has 134 valence electrons. The second kappa shape index (κ2) is 6.71. The Labute approximate surface area is 152 Å². The molecule has 2 aromatic carbocycles. The number of anilines is 1. The quantitative estimate of drug-likeness (QED) is 0.776. The molecule has 0 aliphatic carbocycles. The molecule has 2 atom stereocenters. The highest BCUT2D eigenvalue weighted by Crippen LogP contribution is 2.41. The third-order valence-electron chi connectivity index (χ3n) is 4.91. The average molecular weight is 350 g/mol. The first kappa shape index (κ1) is 16.4. The fraction of sp³-hybridized carbons (Fsp3) is 0.300. The lowest BCUT2D eigenvalue weighted by Gasteiger charge is -2.32. The topological polar surface area (TPSA) is 61.2 Å². The second-order valence-electron chi connectivity index (χ2n) is 6.50. The van der Waals surface area contributed by atoms with Gasteiger partial charge in [-0.3, -0.25) is 0 Å². The van der Waals surface area contributed by atoms with Crippen molar-refractivity contribution in [1.82, 2.24) is 14.8 Å². The van der Waals surface area contributed by atoms with Crippen LogP contribution in [0.4, 0.5) is 5.95 Å². The van der Waals surface area contributed by atoms with E-state index in [1.165, 1.54) is 11.1 Å². The van der Waals surface area contributed by atoms with Gasteiger partial charge < -0.3 is 14.8 Å². The highest BCUT2D eigenvalue weighted by Gasteiger charge is 2.31. The summed E-state index contributed by atoms with van der Waals surface area (Å²) >= 11 is 0. The summed E-state index contributed by atoms with van der Waals surface area (Å²) in [5, 5.41) is 7.93. The maximum Gasteiger partial charge on any atom is 0.222 e. The van der Waals surface area contributed by atoms with Gasteiger partial charge >= 0.3 is 0 Å². The van der Waals surface area contributed by atoms with Gasteiger partial charge in [0, 0.05) is 5.56 Å². The highest BCUT2D eigenvalue weighted by molar-refractivity contribution is 5.46. The molecular formula is C20H22N4O2. The number of aromatic nitrogens is 3. The molecule has 0 saturated heterocycles. The molecular weight excluding hydrogens is 328 g/mol. The zero-order valence-electron chi connectivity index (χ0n) is 15.1. The molecule has 0 spiro atoms. The van der Waals surface area contributed by atoms with Crippen molar-refractivity contribution in [3.8, 4) is 11.5 Å². The van der Waals surface area contributed by atoms with E-state index in [0.717, 1.165) is 29.4 Å². The summed E-state index contributed by atoms with van der Waals surface area (Å²) in [6, 6.07) is 14.6. The van der Waals surface area contributed by atoms with Crippen LogP contribution in [-0.4, -0.2) is 29.0 Å². The molecule has 3 aromatic rings. The number of fused-ring (bicyclic) bond motifs is 1. The molecule has 0 fully saturated rings. The molecule has 1 aliphatic rings. The number of hydrogen-bond donors (Lipinski definition) is 1. The number of hydrogen-bond acceptors (Lipinski definition) is 5. The van der Waals surface area contributed by atoms with Crippen molar-refractivity contribution in [1.29, 1.82) is 0 Å². The van der Waals surface area contributed by atoms with Crippen molar-refractivity contribution in [3.05, 3.63) is 65.5 Å². The van der Waals surface area contributed by atoms with E-state index in [-0.39, 0.29) is 12.1 Å². The number of ether oxygens (including phenoxy) is 2. The minimum absolute atomic E-state index is 0.00473. The Morgan fingerprint density at radius 1 is 1.08 bits per heavy atom. The van der Waals surface area contributed by atoms with Crippen LogP contribution < -0.4 is 14.8 Å². The van der Waals surface area contributed by atoms with Crippen molar-refractivity contribution >= 4 is 5.95 Å². The van der Waals surface area contributed by atoms with Crippen LogP contribution >= 0.6 is 0 Å². The normalized spacial score (nSPS) is 18.7. The fourth-order valence-electron chi connectivity index (χ4n) is 3.50. The molecule has 1 N–H and O–H groups in total. The molecule has 1 aromatic heterocycles. The van der Waals surface area contributed by atoms with Crippen LogP contribution in [0.25, 0.3) is 0 Å². The maximum absolute atomic E-state index is 5.61. The van der Waals surface area contributed by atoms with Gasteiger partial charge in [-0.05, 0) is 37.1 Å². The summed E-state index contributed by atoms with van der Waals surface area (Å²) in [5.41, 5.74) is 3.52. The number of rotatable bonds is 4. The Bertz CT molecular complexity index is 904. The van der Waals surface area contributed by atoms with E-state index in [1.54, 1.807) is 20.5 Å². The SMILES string of the molecule is COc1ccc(OC)c([C@H]2C[C@@H](c3ccc(C)cc3)Nc3ncnn32)c1. The first-order chi connectivity index (χ1) is 12.7. The van der Waals surface area contributed by atoms with Gasteiger partial charge in [-0.15, -0.1) is 0 Å². The molecule has 4 rings (SSSR count). The minimum Gasteiger partial charge on any atom is -0.497 e. The molecule has 26 heavy (non-hydrogen) atoms. The molecule has 0 amide bonds. The number of nitrogens with one attached hydrogen (secondary N) is 1. The molecule has 0 radical (unpaired) electrons. The van der Waals surface area contributed by atoms with E-state index in [1.807, 2.05) is 22.9 Å². The van der Waals surface area contributed by atoms with E-state index in [0.29, 0.717) is 0 Å². The Kier molecular flexibility index (Phi) is 4.24. The van der Waals surface area contributed by atoms with Gasteiger partial charge in [0.2, 0.25) is 5.95 Å². The van der Waals surface area contributed by atoms with Crippen LogP contribution in [0.1, 0.15) is 35.2 Å². The summed E-state index contributed by atoms with van der Waals surface area (Å²) in [4.78, 5) is 4.39. The first-order valence-electron chi connectivity index (χ1n) is 8.64. The second-order valence-corrected chi connectivity index (χ2v) is 6.50. The van der Waals surface area contributed by atoms with Crippen molar-refractivity contribution in [3.63, 3.8) is 0 Å². The van der Waals surface area contributed by atoms with Gasteiger partial charge in [-0.2, -0.15) is 10.1 Å². The van der Waals surface area contributed by atoms with E-state index in [9.17, 15) is 0 Å². The fourth-order valence-corrected chi connectivity index (χ4v) is 3.50. The summed E-state index contributed by atoms with van der Waals surface area (Å²) in [7, 11) is 3.36. The van der Waals surface area contributed by atoms with Crippen LogP contribution in [0.15, 0.2) is 48.8 Å². The van der Waals surface area contributed by atoms with E-state index in [4.69, 9.17) is 9.47 Å². The van der Waals surface area contributed by atoms with Crippen LogP contribution in [0.2, 0.25) is 0 Å². The smallest absolute Gasteiger partial charge is 0.222 e. The lowest BCUT2D eigenvalue weighted by molar-refractivity contribution is 0.373. The summed E-state index contributed by atoms with van der Waals surface area (Å²) in [6.45, 7) is 2.10. The molecule has 2 heterocycles. The maximum atomic E-state index is 5.61. The third-order valence-corrected chi connectivity index (χ3v) is 4.91. The molecule has 1 aliphatic heterocycles. The Balaban J connectivity index is 1.77. The predicted molar refractivity (Wildman–Crippen MR) is 99.9 cm³/mol. The van der Waals surface area contributed by atoms with Gasteiger partial charge in [0.25, 0.3) is 0 Å². The monoisotopic (exact) mass is 350 g/mol. The zero-order chi connectivity index (χ0) is 18.1. The Morgan fingerprint density at radius 3 is 2.62 bits per heavy atom. The Hall–Kier alpha value is -3.02. The van der Waals surface area contributed by atoms with Crippen molar-refractivity contribution in [2.75, 3.05) is 19.5 Å². The van der Waals surface area contributed by atoms with Gasteiger partial charge in [-0.25, -0.2) is 4.68 Å². The lowest BCUT2D eigenvalue weighted by Crippen LogP contribution is -2.28. The lowest BCUT2D eigenvalue weighted by atomic mass is 9.92. The van der Waals surface area contributed by atoms with Crippen LogP contribution in [0.3, 0.4) is 0 Å². The highest BCUT2D eigenvalue weighted by atomic mass is 16.5. The number of benzene rings is 2. The van der Waals surface area contributed by atoms with E-state index >= 15 is 0 Å². The van der Waals surface area contributed by atoms with Crippen molar-refractivity contribution in [2.24, 2.45) is 0 Å². The summed E-state index contributed by atoms with van der Waals surface area (Å²) in [6.07, 6.45) is 2.42. The van der Waals surface area contributed by atoms with Gasteiger partial charge in [0.15, 0.2) is 0 Å². The molecule has 6 heteroatoms. The third kappa shape index (κ3) is 2.87. The van der Waals surface area contributed by atoms with Crippen LogP contribution in [0, 0.1) is 6.92 Å². The van der Waals surface area contributed by atoms with Crippen LogP contribution in [0.5, 0.6) is 11.5 Å². The van der Waals surface area contributed by atoms with Gasteiger partial charge in [0.1, 0.15) is 17.8 Å². The molecule has 0 bridgehead atoms. The van der Waals surface area contributed by atoms with Crippen molar-refractivity contribution < 1.29 is 9.47 Å². The largest absolute Gasteiger partial charge is 0.497 e. The van der Waals surface area contributed by atoms with Crippen molar-refractivity contribution in [2.45, 2.75) is 25.4 Å². The van der Waals surface area contributed by atoms with Crippen LogP contribution in [-0.2, 0) is 0 Å². The van der Waals surface area contributed by atoms with Gasteiger partial charge in [-0.1, -0.05) is 29.8 Å². The Morgan fingerprint density at radius 2 is 1.88 bits per heavy atom. The minimum atomic E-state index is 0.00473. The number of nitrogens with zero attached hydrogens (tertiary/aromatic N) is 3. The molecule has 6 nitrogen and oxygen atoms in total. The van der Waals surface area contributed by atoms with Gasteiger partial charge in [0.05, 0.1) is 26.3 Å². The van der Waals surface area contributed by atoms with E-state index < -0.39 is 0 Å². The standard InChI is InChI=1S/C20H22N4O2/c1-13-4-6-14(7-5-13)17-11-18(24-20(23-17)21-12-22-24)16-10-15(25-2)8-9-19(16)26-3/h4-10,12,17-18H,11H2,1-3H3,(H,21,22,23)/t17-,18+/m0/s1. The molecule has 0 saturated carbocycles. The number of aryl methyl sites for hydroxylation is 1. The average Bonchev–Trinajstić information content (AvgIpc) is 3.16. The van der Waals surface area contributed by atoms with E-state index in [2.05, 4.69) is 46.6 Å². The summed E-state index contributed by atoms with van der Waals surface area (Å²) in [5.74, 6) is 2.38. The molecule has 0 unspecified atom stereocenters. The predicted octanol–water partition coefficient (Wildman–Crippen LogP) is 3.75. The first-order valence-corrected chi connectivity index (χ1v) is 8.64. The number of methoxy groups -OCH3 is 2.